The van der Waals surface area contributed by atoms with Gasteiger partial charge in [0, 0.05) is 56.2 Å². The van der Waals surface area contributed by atoms with Gasteiger partial charge in [-0.2, -0.15) is 0 Å². The number of pyridine rings is 1. The molecule has 0 bridgehead atoms. The quantitative estimate of drug-likeness (QED) is 0.0418. The molecule has 0 aliphatic carbocycles. The number of hydrogen-bond acceptors (Lipinski definition) is 12. The van der Waals surface area contributed by atoms with Crippen molar-refractivity contribution in [1.29, 1.82) is 0 Å². The summed E-state index contributed by atoms with van der Waals surface area (Å²) in [6.45, 7) is 10.8. The van der Waals surface area contributed by atoms with E-state index < -0.39 is 29.4 Å². The second-order valence-corrected chi connectivity index (χ2v) is 17.2. The van der Waals surface area contributed by atoms with E-state index in [0.29, 0.717) is 51.3 Å². The molecule has 0 aliphatic heterocycles. The van der Waals surface area contributed by atoms with Gasteiger partial charge in [-0.3, -0.25) is 24.0 Å². The number of benzene rings is 2. The van der Waals surface area contributed by atoms with Crippen LogP contribution >= 0.6 is 0 Å². The number of esters is 1. The van der Waals surface area contributed by atoms with Crippen LogP contribution < -0.4 is 20.7 Å². The molecule has 0 saturated heterocycles. The van der Waals surface area contributed by atoms with Crippen molar-refractivity contribution in [1.82, 2.24) is 46.0 Å². The highest BCUT2D eigenvalue weighted by Gasteiger charge is 2.27. The van der Waals surface area contributed by atoms with Crippen LogP contribution in [0, 0.1) is 0 Å². The summed E-state index contributed by atoms with van der Waals surface area (Å²) >= 11 is 0. The third-order valence-electron chi connectivity index (χ3n) is 10.1. The molecule has 0 saturated carbocycles. The minimum atomic E-state index is -1.00. The number of tetrazole rings is 1. The summed E-state index contributed by atoms with van der Waals surface area (Å²) in [5.74, 6) is -1.10. The van der Waals surface area contributed by atoms with Crippen LogP contribution in [0.1, 0.15) is 98.2 Å². The van der Waals surface area contributed by atoms with Crippen LogP contribution in [0.3, 0.4) is 0 Å². The summed E-state index contributed by atoms with van der Waals surface area (Å²) < 4.78 is 13.3. The van der Waals surface area contributed by atoms with E-state index in [9.17, 15) is 24.0 Å². The number of nitrogens with zero attached hydrogens (tertiary/aromatic N) is 6. The lowest BCUT2D eigenvalue weighted by atomic mass is 9.86. The van der Waals surface area contributed by atoms with Crippen molar-refractivity contribution < 1.29 is 38.6 Å². The van der Waals surface area contributed by atoms with Crippen LogP contribution in [0.2, 0.25) is 0 Å². The Labute approximate surface area is 376 Å². The average molecular weight is 884 g/mol. The summed E-state index contributed by atoms with van der Waals surface area (Å²) in [6.07, 6.45) is 4.48. The third kappa shape index (κ3) is 18.6. The Morgan fingerprint density at radius 1 is 0.750 bits per heavy atom. The molecule has 0 radical (unpaired) electrons. The molecule has 0 fully saturated rings. The van der Waals surface area contributed by atoms with E-state index >= 15 is 0 Å². The molecule has 17 nitrogen and oxygen atoms in total. The largest absolute Gasteiger partial charge is 0.481 e. The van der Waals surface area contributed by atoms with Gasteiger partial charge in [0.1, 0.15) is 5.60 Å². The van der Waals surface area contributed by atoms with Gasteiger partial charge in [-0.1, -0.05) is 74.5 Å². The summed E-state index contributed by atoms with van der Waals surface area (Å²) in [7, 11) is 0. The Balaban J connectivity index is 1.12. The lowest BCUT2D eigenvalue weighted by Crippen LogP contribution is -2.45. The molecular formula is C47H65N9O8. The van der Waals surface area contributed by atoms with Crippen molar-refractivity contribution >= 4 is 29.7 Å². The van der Waals surface area contributed by atoms with Crippen LogP contribution in [-0.4, -0.2) is 116 Å². The molecule has 0 spiro atoms. The van der Waals surface area contributed by atoms with Crippen molar-refractivity contribution in [2.24, 2.45) is 0 Å². The first kappa shape index (κ1) is 50.4. The number of amides is 3. The van der Waals surface area contributed by atoms with E-state index in [0.717, 1.165) is 47.5 Å². The number of aromatic nitrogens is 5. The van der Waals surface area contributed by atoms with Gasteiger partial charge < -0.3 is 35.4 Å². The van der Waals surface area contributed by atoms with Gasteiger partial charge >= 0.3 is 11.9 Å². The van der Waals surface area contributed by atoms with E-state index in [4.69, 9.17) is 19.6 Å². The van der Waals surface area contributed by atoms with Crippen molar-refractivity contribution in [3.8, 4) is 28.3 Å². The zero-order chi connectivity index (χ0) is 46.4. The van der Waals surface area contributed by atoms with E-state index in [1.54, 1.807) is 20.8 Å². The molecule has 4 rings (SSSR count). The Morgan fingerprint density at radius 2 is 1.44 bits per heavy atom. The lowest BCUT2D eigenvalue weighted by molar-refractivity contribution is -0.155. The predicted octanol–water partition coefficient (Wildman–Crippen LogP) is 5.35. The number of hydrogen-bond donors (Lipinski definition) is 4. The maximum absolute atomic E-state index is 12.8. The molecule has 3 amide bonds. The fraction of sp³-hybridized carbons (Fsp3) is 0.511. The molecular weight excluding hydrogens is 819 g/mol. The number of nitrogens with one attached hydrogen (secondary N) is 3. The Morgan fingerprint density at radius 3 is 2.12 bits per heavy atom. The van der Waals surface area contributed by atoms with E-state index in [1.807, 2.05) is 59.3 Å². The van der Waals surface area contributed by atoms with Crippen LogP contribution in [0.5, 0.6) is 5.88 Å². The highest BCUT2D eigenvalue weighted by molar-refractivity contribution is 5.86. The molecule has 17 heteroatoms. The normalized spacial score (nSPS) is 11.5. The van der Waals surface area contributed by atoms with E-state index in [2.05, 4.69) is 63.5 Å². The zero-order valence-corrected chi connectivity index (χ0v) is 37.9. The predicted molar refractivity (Wildman–Crippen MR) is 242 cm³/mol. The molecule has 0 unspecified atom stereocenters. The number of rotatable bonds is 28. The van der Waals surface area contributed by atoms with Gasteiger partial charge in [-0.15, -0.1) is 5.10 Å². The van der Waals surface area contributed by atoms with Crippen molar-refractivity contribution in [2.75, 3.05) is 45.9 Å². The summed E-state index contributed by atoms with van der Waals surface area (Å²) in [6, 6.07) is 24.4. The molecule has 64 heavy (non-hydrogen) atoms. The molecule has 4 N–H and O–H groups in total. The molecule has 4 aromatic rings. The molecule has 0 atom stereocenters. The fourth-order valence-corrected chi connectivity index (χ4v) is 6.75. The van der Waals surface area contributed by atoms with Gasteiger partial charge in [0.25, 0.3) is 0 Å². The van der Waals surface area contributed by atoms with Gasteiger partial charge in [0.05, 0.1) is 38.2 Å². The lowest BCUT2D eigenvalue weighted by Gasteiger charge is -2.24. The average Bonchev–Trinajstić information content (AvgIpc) is 3.75. The summed E-state index contributed by atoms with van der Waals surface area (Å²) in [5.41, 5.74) is 3.06. The highest BCUT2D eigenvalue weighted by atomic mass is 16.6. The smallest absolute Gasteiger partial charge is 0.308 e. The first-order valence-corrected chi connectivity index (χ1v) is 22.1. The Bertz CT molecular complexity index is 2030. The third-order valence-corrected chi connectivity index (χ3v) is 10.1. The maximum Gasteiger partial charge on any atom is 0.308 e. The number of carbonyl (C=O) groups is 5. The highest BCUT2D eigenvalue weighted by Crippen LogP contribution is 2.30. The zero-order valence-electron chi connectivity index (χ0n) is 37.9. The van der Waals surface area contributed by atoms with Crippen molar-refractivity contribution in [2.45, 2.75) is 110 Å². The second kappa shape index (κ2) is 25.8. The number of aryl methyl sites for hydroxylation is 1. The topological polar surface area (TPSA) is 220 Å². The van der Waals surface area contributed by atoms with Crippen LogP contribution in [0.4, 0.5) is 0 Å². The Hall–Kier alpha value is -6.23. The van der Waals surface area contributed by atoms with Gasteiger partial charge in [-0.25, -0.2) is 9.67 Å². The molecule has 2 aromatic heterocycles. The second-order valence-electron chi connectivity index (χ2n) is 17.2. The van der Waals surface area contributed by atoms with Gasteiger partial charge in [-0.05, 0) is 86.9 Å². The minimum absolute atomic E-state index is 0.0397. The molecule has 346 valence electrons. The first-order valence-electron chi connectivity index (χ1n) is 22.1. The van der Waals surface area contributed by atoms with Gasteiger partial charge in [0.2, 0.25) is 23.6 Å². The molecule has 0 aliphatic rings. The van der Waals surface area contributed by atoms with E-state index in [-0.39, 0.29) is 56.9 Å². The van der Waals surface area contributed by atoms with Gasteiger partial charge in [0.15, 0.2) is 5.82 Å². The number of unbranched alkanes of at least 4 members (excludes halogenated alkanes) is 2. The standard InChI is InChI=1S/C47H65N9O8/c1-46(2,3)64-44(62)23-29-55(42(59)33-48-27-22-43(60)61)34-40(58)50-26-16-25-49-39(57)21-12-14-28-56-45(52-53-54-56)47(4,5)24-13-15-30-63-41-32-37(35-17-8-6-9-18-35)31-38(51-41)36-19-10-7-11-20-36/h6-11,17-20,31-32,48H,12-16,21-30,33-34H2,1-5H3,(H,49,57)(H,50,58)(H,60,61). The monoisotopic (exact) mass is 883 g/mol. The number of aliphatic carboxylic acids is 1. The Kier molecular flexibility index (Phi) is 20.3. The number of ether oxygens (including phenoxy) is 2. The summed E-state index contributed by atoms with van der Waals surface area (Å²) in [4.78, 5) is 67.1. The maximum atomic E-state index is 12.8. The SMILES string of the molecule is CC(C)(C)OC(=O)CCN(CC(=O)NCCCNC(=O)CCCCn1nnnc1C(C)(C)CCCCOc1cc(-c2ccccc2)cc(-c2ccccc2)n1)C(=O)CNCCC(=O)O. The fourth-order valence-electron chi connectivity index (χ4n) is 6.75. The number of carboxylic acids is 1. The van der Waals surface area contributed by atoms with Crippen LogP contribution in [0.25, 0.3) is 22.4 Å². The minimum Gasteiger partial charge on any atom is -0.481 e. The molecule has 2 aromatic carbocycles. The molecule has 2 heterocycles. The number of carbonyl (C=O) groups excluding carboxylic acids is 4. The number of carboxylic acid groups (broad SMARTS) is 1. The van der Waals surface area contributed by atoms with Crippen molar-refractivity contribution in [3.63, 3.8) is 0 Å². The summed E-state index contributed by atoms with van der Waals surface area (Å²) in [5, 5.41) is 29.8. The van der Waals surface area contributed by atoms with Crippen LogP contribution in [-0.2, 0) is 40.7 Å². The van der Waals surface area contributed by atoms with Crippen molar-refractivity contribution in [3.05, 3.63) is 78.6 Å². The van der Waals surface area contributed by atoms with Crippen LogP contribution in [0.15, 0.2) is 72.8 Å². The van der Waals surface area contributed by atoms with E-state index in [1.165, 1.54) is 4.90 Å². The first-order chi connectivity index (χ1) is 30.6.